The molecule has 0 aromatic carbocycles. The number of nitrogens with zero attached hydrogens (tertiary/aromatic N) is 3. The van der Waals surface area contributed by atoms with Crippen LogP contribution in [0.25, 0.3) is 0 Å². The van der Waals surface area contributed by atoms with E-state index < -0.39 is 0 Å². The summed E-state index contributed by atoms with van der Waals surface area (Å²) in [7, 11) is 0. The van der Waals surface area contributed by atoms with E-state index in [4.69, 9.17) is 4.74 Å². The van der Waals surface area contributed by atoms with Crippen LogP contribution in [0.1, 0.15) is 11.5 Å². The number of aromatic nitrogens is 2. The first-order valence-corrected chi connectivity index (χ1v) is 6.58. The van der Waals surface area contributed by atoms with Crippen LogP contribution in [0.5, 0.6) is 0 Å². The highest BCUT2D eigenvalue weighted by Crippen LogP contribution is 2.10. The van der Waals surface area contributed by atoms with Gasteiger partial charge in [0.25, 0.3) is 5.56 Å². The molecular weight excluding hydrogens is 264 g/mol. The fourth-order valence-electron chi connectivity index (χ4n) is 1.90. The summed E-state index contributed by atoms with van der Waals surface area (Å²) in [6.45, 7) is 6.58. The molecule has 1 fully saturated rings. The zero-order valence-electron chi connectivity index (χ0n) is 11.1. The van der Waals surface area contributed by atoms with Crippen LogP contribution in [0.4, 0.5) is 0 Å². The molecule has 0 unspecified atom stereocenters. The van der Waals surface area contributed by atoms with Crippen LogP contribution in [0.15, 0.2) is 22.1 Å². The lowest BCUT2D eigenvalue weighted by Crippen LogP contribution is -2.35. The van der Waals surface area contributed by atoms with Crippen molar-refractivity contribution in [3.8, 4) is 0 Å². The molecule has 0 bridgehead atoms. The number of ether oxygens (including phenoxy) is 1. The molecule has 0 saturated carbocycles. The van der Waals surface area contributed by atoms with Gasteiger partial charge in [-0.3, -0.25) is 10.2 Å². The number of morpholine rings is 1. The van der Waals surface area contributed by atoms with Crippen molar-refractivity contribution in [1.29, 1.82) is 0 Å². The van der Waals surface area contributed by atoms with Crippen LogP contribution in [-0.4, -0.2) is 40.9 Å². The third kappa shape index (κ3) is 3.51. The van der Waals surface area contributed by atoms with Gasteiger partial charge < -0.3 is 9.64 Å². The van der Waals surface area contributed by atoms with E-state index in [2.05, 4.69) is 27.9 Å². The van der Waals surface area contributed by atoms with Gasteiger partial charge in [-0.2, -0.15) is 0 Å². The number of rotatable bonds is 3. The largest absolute Gasteiger partial charge is 0.378 e. The minimum absolute atomic E-state index is 0.135. The van der Waals surface area contributed by atoms with Crippen LogP contribution in [-0.2, 0) is 4.74 Å². The minimum atomic E-state index is -0.135. The summed E-state index contributed by atoms with van der Waals surface area (Å²) in [5.41, 5.74) is 3.50. The molecule has 0 atom stereocenters. The third-order valence-corrected chi connectivity index (χ3v) is 3.28. The van der Waals surface area contributed by atoms with Gasteiger partial charge in [-0.1, -0.05) is 0 Å². The Hall–Kier alpha value is -1.47. The predicted octanol–water partition coefficient (Wildman–Crippen LogP) is 0.465. The molecule has 6 nitrogen and oxygen atoms in total. The Balaban J connectivity index is 2.11. The lowest BCUT2D eigenvalue weighted by Gasteiger charge is -2.28. The van der Waals surface area contributed by atoms with Gasteiger partial charge in [0.05, 0.1) is 18.2 Å². The van der Waals surface area contributed by atoms with Gasteiger partial charge in [0.15, 0.2) is 0 Å². The zero-order valence-corrected chi connectivity index (χ0v) is 12.0. The first-order chi connectivity index (χ1) is 9.08. The average molecular weight is 282 g/mol. The van der Waals surface area contributed by atoms with E-state index in [1.54, 1.807) is 20.0 Å². The third-order valence-electron chi connectivity index (χ3n) is 2.87. The molecule has 1 aliphatic heterocycles. The van der Waals surface area contributed by atoms with Gasteiger partial charge in [-0.15, -0.1) is 12.6 Å². The average Bonchev–Trinajstić information content (AvgIpc) is 2.38. The molecule has 0 radical (unpaired) electrons. The molecule has 1 aromatic rings. The smallest absolute Gasteiger partial charge is 0.272 e. The summed E-state index contributed by atoms with van der Waals surface area (Å²) >= 11 is 4.43. The molecule has 1 saturated heterocycles. The number of hydrogen-bond donors (Lipinski definition) is 2. The maximum absolute atomic E-state index is 11.8. The maximum atomic E-state index is 11.8. The number of thiol groups is 1. The first-order valence-electron chi connectivity index (χ1n) is 6.13. The molecule has 0 spiro atoms. The molecule has 104 valence electrons. The molecular formula is C12H18N4O2S. The molecule has 2 heterocycles. The van der Waals surface area contributed by atoms with E-state index in [0.29, 0.717) is 24.7 Å². The van der Waals surface area contributed by atoms with Gasteiger partial charge >= 0.3 is 0 Å². The van der Waals surface area contributed by atoms with Gasteiger partial charge in [0.1, 0.15) is 5.82 Å². The highest BCUT2D eigenvalue weighted by Gasteiger charge is 2.11. The second kappa shape index (κ2) is 6.12. The fourth-order valence-corrected chi connectivity index (χ4v) is 2.16. The van der Waals surface area contributed by atoms with Crippen molar-refractivity contribution in [3.63, 3.8) is 0 Å². The zero-order chi connectivity index (χ0) is 13.8. The van der Waals surface area contributed by atoms with E-state index >= 15 is 0 Å². The van der Waals surface area contributed by atoms with E-state index in [0.717, 1.165) is 18.1 Å². The molecule has 0 aliphatic carbocycles. The van der Waals surface area contributed by atoms with Crippen LogP contribution in [0.2, 0.25) is 0 Å². The highest BCUT2D eigenvalue weighted by molar-refractivity contribution is 7.84. The van der Waals surface area contributed by atoms with Crippen LogP contribution < -0.4 is 11.0 Å². The standard InChI is InChI=1S/C12H18N4O2S/c1-9-7-11(17)16(10(2)14-9)13-8-12(19)15-3-5-18-6-4-15/h7-8,13,19H,3-6H2,1-2H3/b12-8-. The Morgan fingerprint density at radius 2 is 2.16 bits per heavy atom. The summed E-state index contributed by atoms with van der Waals surface area (Å²) in [5.74, 6) is 0.615. The van der Waals surface area contributed by atoms with Crippen molar-refractivity contribution in [2.24, 2.45) is 0 Å². The van der Waals surface area contributed by atoms with Crippen molar-refractivity contribution >= 4 is 12.6 Å². The molecule has 19 heavy (non-hydrogen) atoms. The molecule has 1 N–H and O–H groups in total. The van der Waals surface area contributed by atoms with E-state index in [9.17, 15) is 4.79 Å². The van der Waals surface area contributed by atoms with E-state index in [-0.39, 0.29) is 5.56 Å². The molecule has 0 amide bonds. The van der Waals surface area contributed by atoms with Gasteiger partial charge in [-0.25, -0.2) is 9.66 Å². The van der Waals surface area contributed by atoms with Crippen molar-refractivity contribution in [1.82, 2.24) is 14.6 Å². The molecule has 1 aliphatic rings. The quantitative estimate of drug-likeness (QED) is 0.789. The second-order valence-electron chi connectivity index (χ2n) is 4.35. The summed E-state index contributed by atoms with van der Waals surface area (Å²) in [5, 5.41) is 0.773. The fraction of sp³-hybridized carbons (Fsp3) is 0.500. The van der Waals surface area contributed by atoms with Crippen molar-refractivity contribution in [3.05, 3.63) is 39.2 Å². The van der Waals surface area contributed by atoms with E-state index in [1.165, 1.54) is 10.7 Å². The normalized spacial score (nSPS) is 16.6. The number of nitrogens with one attached hydrogen (secondary N) is 1. The summed E-state index contributed by atoms with van der Waals surface area (Å²) < 4.78 is 6.67. The van der Waals surface area contributed by atoms with Crippen LogP contribution in [0, 0.1) is 13.8 Å². The molecule has 7 heteroatoms. The van der Waals surface area contributed by atoms with Gasteiger partial charge in [0, 0.05) is 31.0 Å². The van der Waals surface area contributed by atoms with Gasteiger partial charge in [0.2, 0.25) is 0 Å². The van der Waals surface area contributed by atoms with Gasteiger partial charge in [-0.05, 0) is 13.8 Å². The topological polar surface area (TPSA) is 59.4 Å². The SMILES string of the molecule is Cc1cc(=O)n(N/C=C(\S)N2CCOCC2)c(C)n1. The summed E-state index contributed by atoms with van der Waals surface area (Å²) in [6.07, 6.45) is 1.69. The summed E-state index contributed by atoms with van der Waals surface area (Å²) in [6, 6.07) is 1.49. The lowest BCUT2D eigenvalue weighted by atomic mass is 10.4. The molecule has 2 rings (SSSR count). The Morgan fingerprint density at radius 1 is 1.47 bits per heavy atom. The highest BCUT2D eigenvalue weighted by atomic mass is 32.1. The van der Waals surface area contributed by atoms with Crippen LogP contribution >= 0.6 is 12.6 Å². The summed E-state index contributed by atoms with van der Waals surface area (Å²) in [4.78, 5) is 18.1. The second-order valence-corrected chi connectivity index (χ2v) is 4.81. The lowest BCUT2D eigenvalue weighted by molar-refractivity contribution is 0.0577. The Bertz CT molecular complexity index is 535. The molecule has 1 aromatic heterocycles. The van der Waals surface area contributed by atoms with Crippen molar-refractivity contribution < 1.29 is 4.74 Å². The Labute approximate surface area is 117 Å². The number of hydrogen-bond acceptors (Lipinski definition) is 6. The van der Waals surface area contributed by atoms with Crippen molar-refractivity contribution in [2.75, 3.05) is 31.7 Å². The van der Waals surface area contributed by atoms with Crippen molar-refractivity contribution in [2.45, 2.75) is 13.8 Å². The Kier molecular flexibility index (Phi) is 4.49. The maximum Gasteiger partial charge on any atom is 0.272 e. The Morgan fingerprint density at radius 3 is 2.79 bits per heavy atom. The number of aryl methyl sites for hydroxylation is 2. The first kappa shape index (κ1) is 14.0. The minimum Gasteiger partial charge on any atom is -0.378 e. The van der Waals surface area contributed by atoms with E-state index in [1.807, 2.05) is 0 Å². The predicted molar refractivity (Wildman–Crippen MR) is 76.8 cm³/mol. The van der Waals surface area contributed by atoms with Crippen LogP contribution in [0.3, 0.4) is 0 Å². The monoisotopic (exact) mass is 282 g/mol.